The summed E-state index contributed by atoms with van der Waals surface area (Å²) in [5.41, 5.74) is 3.56. The van der Waals surface area contributed by atoms with Gasteiger partial charge in [-0.3, -0.25) is 13.9 Å². The van der Waals surface area contributed by atoms with Gasteiger partial charge in [0.1, 0.15) is 0 Å². The lowest BCUT2D eigenvalue weighted by atomic mass is 10.2. The minimum Gasteiger partial charge on any atom is -0.306 e. The van der Waals surface area contributed by atoms with Gasteiger partial charge in [0.05, 0.1) is 12.2 Å². The molecule has 0 bridgehead atoms. The van der Waals surface area contributed by atoms with Crippen molar-refractivity contribution in [2.24, 2.45) is 14.1 Å². The first-order chi connectivity index (χ1) is 13.7. The summed E-state index contributed by atoms with van der Waals surface area (Å²) in [6, 6.07) is 7.06. The van der Waals surface area contributed by atoms with Crippen LogP contribution in [-0.2, 0) is 20.6 Å². The number of halogens is 1. The maximum atomic E-state index is 13.2. The van der Waals surface area contributed by atoms with E-state index in [-0.39, 0.29) is 6.54 Å². The molecule has 3 aromatic heterocycles. The molecule has 0 aliphatic carbocycles. The van der Waals surface area contributed by atoms with Crippen LogP contribution in [-0.4, -0.2) is 28.5 Å². The molecule has 0 spiro atoms. The van der Waals surface area contributed by atoms with Gasteiger partial charge in [-0.05, 0) is 44.0 Å². The number of nitrogens with zero attached hydrogens (tertiary/aromatic N) is 6. The second kappa shape index (κ2) is 6.73. The van der Waals surface area contributed by atoms with Crippen LogP contribution in [0.4, 0.5) is 0 Å². The largest absolute Gasteiger partial charge is 0.332 e. The standard InChI is InChI=1S/C20H21ClN6O2/c1-11-12(2)23-27(13(11)3)19-22-17-16(24(19)4)18(28)26(20(29)25(17)5)10-14-6-8-15(21)9-7-14/h6-9H,10H2,1-5H3. The molecule has 29 heavy (non-hydrogen) atoms. The van der Waals surface area contributed by atoms with Crippen molar-refractivity contribution in [3.63, 3.8) is 0 Å². The molecule has 9 heteroatoms. The first-order valence-corrected chi connectivity index (χ1v) is 9.52. The predicted molar refractivity (Wildman–Crippen MR) is 112 cm³/mol. The van der Waals surface area contributed by atoms with Crippen molar-refractivity contribution < 1.29 is 0 Å². The van der Waals surface area contributed by atoms with Crippen LogP contribution in [0.15, 0.2) is 33.9 Å². The van der Waals surface area contributed by atoms with E-state index < -0.39 is 11.2 Å². The highest BCUT2D eigenvalue weighted by Crippen LogP contribution is 2.19. The fraction of sp³-hybridized carbons (Fsp3) is 0.300. The van der Waals surface area contributed by atoms with Crippen molar-refractivity contribution >= 4 is 22.8 Å². The average molecular weight is 413 g/mol. The smallest absolute Gasteiger partial charge is 0.306 e. The molecule has 0 radical (unpaired) electrons. The number of rotatable bonds is 3. The zero-order valence-corrected chi connectivity index (χ0v) is 17.7. The quantitative estimate of drug-likeness (QED) is 0.517. The molecule has 0 N–H and O–H groups in total. The molecule has 0 saturated heterocycles. The highest BCUT2D eigenvalue weighted by Gasteiger charge is 2.21. The van der Waals surface area contributed by atoms with Crippen LogP contribution in [0.1, 0.15) is 22.5 Å². The molecule has 4 aromatic rings. The molecule has 0 aliphatic heterocycles. The summed E-state index contributed by atoms with van der Waals surface area (Å²) in [4.78, 5) is 30.7. The molecule has 0 atom stereocenters. The Kier molecular flexibility index (Phi) is 4.46. The molecule has 0 aliphatic rings. The number of fused-ring (bicyclic) bond motifs is 1. The van der Waals surface area contributed by atoms with E-state index in [0.29, 0.717) is 22.1 Å². The Balaban J connectivity index is 1.96. The number of aromatic nitrogens is 6. The fourth-order valence-corrected chi connectivity index (χ4v) is 3.57. The number of hydrogen-bond acceptors (Lipinski definition) is 4. The molecule has 0 amide bonds. The van der Waals surface area contributed by atoms with Gasteiger partial charge in [0.2, 0.25) is 5.95 Å². The Hall–Kier alpha value is -3.13. The third-order valence-corrected chi connectivity index (χ3v) is 5.68. The van der Waals surface area contributed by atoms with E-state index in [0.717, 1.165) is 22.5 Å². The molecule has 1 aromatic carbocycles. The molecule has 150 valence electrons. The molecule has 3 heterocycles. The van der Waals surface area contributed by atoms with Crippen molar-refractivity contribution in [3.05, 3.63) is 72.6 Å². The van der Waals surface area contributed by atoms with E-state index in [4.69, 9.17) is 11.6 Å². The summed E-state index contributed by atoms with van der Waals surface area (Å²) in [5.74, 6) is 0.491. The van der Waals surface area contributed by atoms with E-state index >= 15 is 0 Å². The Morgan fingerprint density at radius 2 is 1.66 bits per heavy atom. The highest BCUT2D eigenvalue weighted by atomic mass is 35.5. The minimum atomic E-state index is -0.424. The van der Waals surface area contributed by atoms with Crippen LogP contribution >= 0.6 is 11.6 Å². The van der Waals surface area contributed by atoms with Gasteiger partial charge >= 0.3 is 5.69 Å². The SMILES string of the molecule is Cc1nn(-c2nc3c(c(=O)n(Cc4ccc(Cl)cc4)c(=O)n3C)n2C)c(C)c1C. The molecular weight excluding hydrogens is 392 g/mol. The number of benzene rings is 1. The maximum Gasteiger partial charge on any atom is 0.332 e. The van der Waals surface area contributed by atoms with E-state index in [9.17, 15) is 9.59 Å². The molecule has 0 saturated carbocycles. The molecule has 0 fully saturated rings. The van der Waals surface area contributed by atoms with Crippen LogP contribution in [0.3, 0.4) is 0 Å². The minimum absolute atomic E-state index is 0.151. The summed E-state index contributed by atoms with van der Waals surface area (Å²) in [6.45, 7) is 6.02. The molecular formula is C20H21ClN6O2. The van der Waals surface area contributed by atoms with Crippen molar-refractivity contribution in [1.29, 1.82) is 0 Å². The Labute approximate surface area is 171 Å². The lowest BCUT2D eigenvalue weighted by Crippen LogP contribution is -2.39. The van der Waals surface area contributed by atoms with Crippen LogP contribution in [0.5, 0.6) is 0 Å². The van der Waals surface area contributed by atoms with Gasteiger partial charge < -0.3 is 4.57 Å². The Morgan fingerprint density at radius 3 is 2.24 bits per heavy atom. The molecule has 4 rings (SSSR count). The van der Waals surface area contributed by atoms with Gasteiger partial charge in [0.15, 0.2) is 11.2 Å². The lowest BCUT2D eigenvalue weighted by molar-refractivity contribution is 0.655. The van der Waals surface area contributed by atoms with Crippen LogP contribution in [0, 0.1) is 20.8 Å². The van der Waals surface area contributed by atoms with Crippen LogP contribution in [0.25, 0.3) is 17.1 Å². The average Bonchev–Trinajstić information content (AvgIpc) is 3.16. The van der Waals surface area contributed by atoms with Crippen molar-refractivity contribution in [3.8, 4) is 5.95 Å². The second-order valence-corrected chi connectivity index (χ2v) is 7.65. The monoisotopic (exact) mass is 412 g/mol. The Morgan fingerprint density at radius 1 is 1.00 bits per heavy atom. The molecule has 0 unspecified atom stereocenters. The van der Waals surface area contributed by atoms with Crippen LogP contribution < -0.4 is 11.2 Å². The van der Waals surface area contributed by atoms with Gasteiger partial charge in [-0.2, -0.15) is 10.1 Å². The lowest BCUT2D eigenvalue weighted by Gasteiger charge is -2.09. The van der Waals surface area contributed by atoms with Crippen molar-refractivity contribution in [2.45, 2.75) is 27.3 Å². The van der Waals surface area contributed by atoms with Gasteiger partial charge in [-0.15, -0.1) is 0 Å². The first kappa shape index (κ1) is 19.2. The third kappa shape index (κ3) is 2.91. The summed E-state index contributed by atoms with van der Waals surface area (Å²) >= 11 is 5.93. The highest BCUT2D eigenvalue weighted by molar-refractivity contribution is 6.30. The summed E-state index contributed by atoms with van der Waals surface area (Å²) < 4.78 is 6.00. The molecule has 8 nitrogen and oxygen atoms in total. The van der Waals surface area contributed by atoms with Gasteiger partial charge in [-0.25, -0.2) is 9.48 Å². The zero-order chi connectivity index (χ0) is 21.0. The second-order valence-electron chi connectivity index (χ2n) is 7.21. The van der Waals surface area contributed by atoms with Crippen molar-refractivity contribution in [2.75, 3.05) is 0 Å². The zero-order valence-electron chi connectivity index (χ0n) is 16.9. The van der Waals surface area contributed by atoms with E-state index in [1.54, 1.807) is 47.6 Å². The number of hydrogen-bond donors (Lipinski definition) is 0. The summed E-state index contributed by atoms with van der Waals surface area (Å²) in [6.07, 6.45) is 0. The Bertz CT molecular complexity index is 1370. The van der Waals surface area contributed by atoms with Gasteiger partial charge in [0, 0.05) is 24.8 Å². The van der Waals surface area contributed by atoms with Crippen molar-refractivity contribution in [1.82, 2.24) is 28.5 Å². The third-order valence-electron chi connectivity index (χ3n) is 5.43. The van der Waals surface area contributed by atoms with E-state index in [1.807, 2.05) is 20.8 Å². The summed E-state index contributed by atoms with van der Waals surface area (Å²) in [7, 11) is 3.38. The van der Waals surface area contributed by atoms with Crippen LogP contribution in [0.2, 0.25) is 5.02 Å². The predicted octanol–water partition coefficient (Wildman–Crippen LogP) is 2.25. The normalized spacial score (nSPS) is 11.5. The topological polar surface area (TPSA) is 79.6 Å². The van der Waals surface area contributed by atoms with E-state index in [2.05, 4.69) is 10.1 Å². The van der Waals surface area contributed by atoms with E-state index in [1.165, 1.54) is 9.13 Å². The van der Waals surface area contributed by atoms with Gasteiger partial charge in [0.25, 0.3) is 5.56 Å². The number of imidazole rings is 1. The first-order valence-electron chi connectivity index (χ1n) is 9.14. The maximum absolute atomic E-state index is 13.2. The van der Waals surface area contributed by atoms with Gasteiger partial charge in [-0.1, -0.05) is 23.7 Å². The fourth-order valence-electron chi connectivity index (χ4n) is 3.45. The summed E-state index contributed by atoms with van der Waals surface area (Å²) in [5, 5.41) is 5.14. The number of aryl methyl sites for hydroxylation is 3.